The molecule has 0 saturated heterocycles. The van der Waals surface area contributed by atoms with E-state index in [-0.39, 0.29) is 5.91 Å². The molecule has 0 fully saturated rings. The number of amides is 1. The van der Waals surface area contributed by atoms with Crippen molar-refractivity contribution in [1.29, 1.82) is 0 Å². The number of carbonyl (C=O) groups is 1. The Morgan fingerprint density at radius 3 is 2.55 bits per heavy atom. The van der Waals surface area contributed by atoms with Crippen molar-refractivity contribution in [2.24, 2.45) is 0 Å². The molecule has 0 aliphatic carbocycles. The van der Waals surface area contributed by atoms with E-state index in [0.717, 1.165) is 33.9 Å². The number of rotatable bonds is 9. The van der Waals surface area contributed by atoms with Crippen LogP contribution in [0.25, 0.3) is 17.3 Å². The van der Waals surface area contributed by atoms with Gasteiger partial charge in [-0.1, -0.05) is 13.0 Å². The summed E-state index contributed by atoms with van der Waals surface area (Å²) in [6.07, 6.45) is 4.12. The van der Waals surface area contributed by atoms with Crippen molar-refractivity contribution in [1.82, 2.24) is 4.98 Å². The number of aryl methyl sites for hydroxylation is 1. The fourth-order valence-corrected chi connectivity index (χ4v) is 3.74. The molecule has 7 heteroatoms. The highest BCUT2D eigenvalue weighted by Crippen LogP contribution is 2.31. The molecule has 6 nitrogen and oxygen atoms in total. The molecule has 0 aliphatic rings. The van der Waals surface area contributed by atoms with Gasteiger partial charge in [0.1, 0.15) is 5.75 Å². The van der Waals surface area contributed by atoms with Gasteiger partial charge in [0.05, 0.1) is 26.5 Å². The van der Waals surface area contributed by atoms with Crippen molar-refractivity contribution in [3.05, 3.63) is 59.0 Å². The van der Waals surface area contributed by atoms with Crippen molar-refractivity contribution in [2.75, 3.05) is 26.1 Å². The summed E-state index contributed by atoms with van der Waals surface area (Å²) >= 11 is 1.44. The minimum atomic E-state index is -0.250. The molecule has 162 valence electrons. The number of thiazole rings is 1. The second-order valence-corrected chi connectivity index (χ2v) is 7.94. The minimum Gasteiger partial charge on any atom is -0.497 e. The monoisotopic (exact) mass is 438 g/mol. The Morgan fingerprint density at radius 1 is 1.10 bits per heavy atom. The molecule has 0 atom stereocenters. The third kappa shape index (κ3) is 5.86. The van der Waals surface area contributed by atoms with Gasteiger partial charge in [0.25, 0.3) is 0 Å². The van der Waals surface area contributed by atoms with Gasteiger partial charge >= 0.3 is 0 Å². The van der Waals surface area contributed by atoms with Crippen LogP contribution in [0.15, 0.2) is 48.5 Å². The van der Waals surface area contributed by atoms with Gasteiger partial charge in [-0.25, -0.2) is 4.98 Å². The average Bonchev–Trinajstić information content (AvgIpc) is 3.16. The lowest BCUT2D eigenvalue weighted by Crippen LogP contribution is -2.07. The molecule has 0 unspecified atom stereocenters. The first-order valence-electron chi connectivity index (χ1n) is 9.95. The number of carbonyl (C=O) groups excluding carboxylic acids is 1. The number of hydrogen-bond donors (Lipinski definition) is 1. The molecule has 0 aliphatic heterocycles. The highest BCUT2D eigenvalue weighted by atomic mass is 32.1. The van der Waals surface area contributed by atoms with Crippen molar-refractivity contribution in [2.45, 2.75) is 20.3 Å². The summed E-state index contributed by atoms with van der Waals surface area (Å²) in [5, 5.41) is 3.39. The topological polar surface area (TPSA) is 69.7 Å². The second kappa shape index (κ2) is 10.6. The maximum absolute atomic E-state index is 12.4. The molecule has 0 bridgehead atoms. The van der Waals surface area contributed by atoms with E-state index in [0.29, 0.717) is 23.2 Å². The summed E-state index contributed by atoms with van der Waals surface area (Å²) in [7, 11) is 3.23. The maximum Gasteiger partial charge on any atom is 0.250 e. The number of anilines is 1. The Kier molecular flexibility index (Phi) is 7.67. The van der Waals surface area contributed by atoms with Gasteiger partial charge in [-0.05, 0) is 61.4 Å². The van der Waals surface area contributed by atoms with Gasteiger partial charge in [0, 0.05) is 16.5 Å². The summed E-state index contributed by atoms with van der Waals surface area (Å²) < 4.78 is 16.2. The summed E-state index contributed by atoms with van der Waals surface area (Å²) in [5.74, 6) is 1.86. The molecule has 3 rings (SSSR count). The Labute approximate surface area is 186 Å². The number of ether oxygens (including phenoxy) is 3. The van der Waals surface area contributed by atoms with Crippen molar-refractivity contribution in [3.8, 4) is 28.5 Å². The third-order valence-corrected chi connectivity index (χ3v) is 5.35. The van der Waals surface area contributed by atoms with Gasteiger partial charge in [0.15, 0.2) is 16.6 Å². The van der Waals surface area contributed by atoms with Crippen molar-refractivity contribution >= 4 is 28.5 Å². The lowest BCUT2D eigenvalue weighted by atomic mass is 10.1. The number of aromatic nitrogens is 1. The molecular weight excluding hydrogens is 412 g/mol. The van der Waals surface area contributed by atoms with E-state index >= 15 is 0 Å². The SMILES string of the molecule is CCCOc1ccc(/C=C/C(=O)Nc2nc(-c3ccc(OC)cc3)c(C)s2)cc1OC. The number of methoxy groups -OCH3 is 2. The number of nitrogens with one attached hydrogen (secondary N) is 1. The molecular formula is C24H26N2O4S. The van der Waals surface area contributed by atoms with Crippen molar-refractivity contribution < 1.29 is 19.0 Å². The first-order chi connectivity index (χ1) is 15.0. The highest BCUT2D eigenvalue weighted by Gasteiger charge is 2.11. The van der Waals surface area contributed by atoms with Gasteiger partial charge in [-0.15, -0.1) is 11.3 Å². The highest BCUT2D eigenvalue weighted by molar-refractivity contribution is 7.16. The molecule has 1 amide bonds. The number of benzene rings is 2. The van der Waals surface area contributed by atoms with Crippen LogP contribution in [-0.4, -0.2) is 31.7 Å². The van der Waals surface area contributed by atoms with Crippen LogP contribution in [0.5, 0.6) is 17.2 Å². The normalized spacial score (nSPS) is 10.8. The van der Waals surface area contributed by atoms with E-state index in [4.69, 9.17) is 14.2 Å². The fraction of sp³-hybridized carbons (Fsp3) is 0.250. The third-order valence-electron chi connectivity index (χ3n) is 4.47. The van der Waals surface area contributed by atoms with Crippen LogP contribution in [0, 0.1) is 6.92 Å². The van der Waals surface area contributed by atoms with E-state index in [1.807, 2.05) is 56.3 Å². The number of hydrogen-bond acceptors (Lipinski definition) is 6. The number of nitrogens with zero attached hydrogens (tertiary/aromatic N) is 1. The molecule has 0 radical (unpaired) electrons. The van der Waals surface area contributed by atoms with E-state index < -0.39 is 0 Å². The van der Waals surface area contributed by atoms with Gasteiger partial charge in [-0.3, -0.25) is 10.1 Å². The van der Waals surface area contributed by atoms with Gasteiger partial charge in [0.2, 0.25) is 5.91 Å². The van der Waals surface area contributed by atoms with E-state index in [9.17, 15) is 4.79 Å². The molecule has 1 N–H and O–H groups in total. The molecule has 1 aromatic heterocycles. The molecule has 2 aromatic carbocycles. The van der Waals surface area contributed by atoms with Crippen molar-refractivity contribution in [3.63, 3.8) is 0 Å². The van der Waals surface area contributed by atoms with Crippen LogP contribution in [0.2, 0.25) is 0 Å². The first kappa shape index (κ1) is 22.4. The Bertz CT molecular complexity index is 1060. The zero-order valence-corrected chi connectivity index (χ0v) is 18.9. The standard InChI is InChI=1S/C24H26N2O4S/c1-5-14-30-20-12-6-17(15-21(20)29-4)7-13-22(27)25-24-26-23(16(2)31-24)18-8-10-19(28-3)11-9-18/h6-13,15H,5,14H2,1-4H3,(H,25,26,27)/b13-7+. The summed E-state index contributed by atoms with van der Waals surface area (Å²) in [4.78, 5) is 18.0. The van der Waals surface area contributed by atoms with Crippen LogP contribution in [0.3, 0.4) is 0 Å². The van der Waals surface area contributed by atoms with Crippen LogP contribution >= 0.6 is 11.3 Å². The van der Waals surface area contributed by atoms with Crippen LogP contribution in [0.1, 0.15) is 23.8 Å². The van der Waals surface area contributed by atoms with Crippen LogP contribution in [-0.2, 0) is 4.79 Å². The van der Waals surface area contributed by atoms with Gasteiger partial charge in [-0.2, -0.15) is 0 Å². The quantitative estimate of drug-likeness (QED) is 0.442. The van der Waals surface area contributed by atoms with E-state index in [1.165, 1.54) is 17.4 Å². The summed E-state index contributed by atoms with van der Waals surface area (Å²) in [6, 6.07) is 13.2. The zero-order chi connectivity index (χ0) is 22.2. The van der Waals surface area contributed by atoms with Crippen LogP contribution in [0.4, 0.5) is 5.13 Å². The molecule has 3 aromatic rings. The fourth-order valence-electron chi connectivity index (χ4n) is 2.90. The summed E-state index contributed by atoms with van der Waals surface area (Å²) in [6.45, 7) is 4.66. The van der Waals surface area contributed by atoms with E-state index in [2.05, 4.69) is 10.3 Å². The first-order valence-corrected chi connectivity index (χ1v) is 10.8. The minimum absolute atomic E-state index is 0.250. The smallest absolute Gasteiger partial charge is 0.250 e. The largest absolute Gasteiger partial charge is 0.497 e. The molecule has 31 heavy (non-hydrogen) atoms. The van der Waals surface area contributed by atoms with Gasteiger partial charge < -0.3 is 14.2 Å². The summed E-state index contributed by atoms with van der Waals surface area (Å²) in [5.41, 5.74) is 2.66. The Hall–Kier alpha value is -3.32. The lowest BCUT2D eigenvalue weighted by molar-refractivity contribution is -0.111. The second-order valence-electron chi connectivity index (χ2n) is 6.73. The predicted octanol–water partition coefficient (Wildman–Crippen LogP) is 5.58. The lowest BCUT2D eigenvalue weighted by Gasteiger charge is -2.10. The molecule has 0 spiro atoms. The Morgan fingerprint density at radius 2 is 1.87 bits per heavy atom. The van der Waals surface area contributed by atoms with E-state index in [1.54, 1.807) is 20.3 Å². The maximum atomic E-state index is 12.4. The molecule has 0 saturated carbocycles. The molecule has 1 heterocycles. The zero-order valence-electron chi connectivity index (χ0n) is 18.1. The Balaban J connectivity index is 1.67. The average molecular weight is 439 g/mol. The van der Waals surface area contributed by atoms with Crippen LogP contribution < -0.4 is 19.5 Å². The predicted molar refractivity (Wildman–Crippen MR) is 125 cm³/mol.